The highest BCUT2D eigenvalue weighted by atomic mass is 16.3. The van der Waals surface area contributed by atoms with Gasteiger partial charge in [0, 0.05) is 24.5 Å². The van der Waals surface area contributed by atoms with Crippen molar-refractivity contribution in [1.82, 2.24) is 4.98 Å². The number of aliphatic hydroxyl groups is 1. The Labute approximate surface area is 105 Å². The van der Waals surface area contributed by atoms with Crippen LogP contribution in [0.25, 0.3) is 11.3 Å². The number of aromatic nitrogens is 1. The molecule has 0 amide bonds. The number of hydrogen-bond acceptors (Lipinski definition) is 3. The minimum Gasteiger partial charge on any atom is -0.391 e. The van der Waals surface area contributed by atoms with Crippen LogP contribution in [-0.2, 0) is 6.61 Å². The molecule has 1 heterocycles. The van der Waals surface area contributed by atoms with Crippen molar-refractivity contribution in [2.75, 3.05) is 7.05 Å². The van der Waals surface area contributed by atoms with Gasteiger partial charge in [-0.1, -0.05) is 24.3 Å². The van der Waals surface area contributed by atoms with Gasteiger partial charge in [-0.3, -0.25) is 9.79 Å². The number of pyridine rings is 1. The molecule has 0 fully saturated rings. The normalized spacial score (nSPS) is 11.0. The van der Waals surface area contributed by atoms with Crippen molar-refractivity contribution in [2.45, 2.75) is 6.61 Å². The first-order chi connectivity index (χ1) is 8.74. The number of H-pyrrole nitrogens is 1. The fourth-order valence-corrected chi connectivity index (χ4v) is 1.69. The molecule has 0 bridgehead atoms. The van der Waals surface area contributed by atoms with E-state index >= 15 is 0 Å². The highest BCUT2D eigenvalue weighted by Crippen LogP contribution is 2.16. The molecule has 0 radical (unpaired) electrons. The summed E-state index contributed by atoms with van der Waals surface area (Å²) in [5.74, 6) is 0. The summed E-state index contributed by atoms with van der Waals surface area (Å²) < 4.78 is 0. The third-order valence-electron chi connectivity index (χ3n) is 2.66. The first kappa shape index (κ1) is 12.3. The molecule has 0 aliphatic heterocycles. The molecule has 92 valence electrons. The van der Waals surface area contributed by atoms with Crippen LogP contribution in [0.4, 0.5) is 0 Å². The van der Waals surface area contributed by atoms with E-state index in [0.29, 0.717) is 5.56 Å². The van der Waals surface area contributed by atoms with Crippen molar-refractivity contribution in [3.8, 4) is 11.3 Å². The van der Waals surface area contributed by atoms with Crippen molar-refractivity contribution in [2.24, 2.45) is 4.99 Å². The average molecular weight is 242 g/mol. The number of aromatic amines is 1. The zero-order chi connectivity index (χ0) is 13.0. The van der Waals surface area contributed by atoms with Gasteiger partial charge in [0.1, 0.15) is 0 Å². The minimum atomic E-state index is -0.255. The molecular formula is C14H14N2O2. The summed E-state index contributed by atoms with van der Waals surface area (Å²) in [4.78, 5) is 18.3. The third kappa shape index (κ3) is 2.55. The Morgan fingerprint density at radius 2 is 1.94 bits per heavy atom. The van der Waals surface area contributed by atoms with Crippen LogP contribution < -0.4 is 5.56 Å². The van der Waals surface area contributed by atoms with Crippen LogP contribution in [-0.4, -0.2) is 23.4 Å². The highest BCUT2D eigenvalue weighted by molar-refractivity contribution is 5.80. The van der Waals surface area contributed by atoms with Gasteiger partial charge in [-0.05, 0) is 23.3 Å². The second kappa shape index (κ2) is 5.42. The maximum Gasteiger partial charge on any atom is 0.253 e. The van der Waals surface area contributed by atoms with Crippen LogP contribution in [0.5, 0.6) is 0 Å². The average Bonchev–Trinajstić information content (AvgIpc) is 2.40. The molecule has 4 nitrogen and oxygen atoms in total. The molecule has 2 aromatic rings. The molecule has 2 N–H and O–H groups in total. The van der Waals surface area contributed by atoms with E-state index in [2.05, 4.69) is 9.98 Å². The molecule has 0 aliphatic carbocycles. The van der Waals surface area contributed by atoms with E-state index in [1.807, 2.05) is 24.3 Å². The van der Waals surface area contributed by atoms with Crippen LogP contribution in [0.15, 0.2) is 46.2 Å². The number of rotatable bonds is 3. The molecule has 18 heavy (non-hydrogen) atoms. The molecule has 0 spiro atoms. The van der Waals surface area contributed by atoms with E-state index in [9.17, 15) is 4.79 Å². The summed E-state index contributed by atoms with van der Waals surface area (Å²) in [5.41, 5.74) is 2.78. The lowest BCUT2D eigenvalue weighted by Crippen LogP contribution is -2.12. The van der Waals surface area contributed by atoms with E-state index in [-0.39, 0.29) is 12.2 Å². The predicted molar refractivity (Wildman–Crippen MR) is 71.9 cm³/mol. The Hall–Kier alpha value is -2.20. The van der Waals surface area contributed by atoms with Crippen LogP contribution in [0, 0.1) is 0 Å². The maximum atomic E-state index is 11.6. The van der Waals surface area contributed by atoms with Gasteiger partial charge >= 0.3 is 0 Å². The minimum absolute atomic E-state index is 0.248. The first-order valence-corrected chi connectivity index (χ1v) is 5.60. The van der Waals surface area contributed by atoms with Crippen molar-refractivity contribution < 1.29 is 5.11 Å². The number of aliphatic imine (C=N–C) groups is 1. The predicted octanol–water partition coefficient (Wildman–Crippen LogP) is 1.58. The molecule has 4 heteroatoms. The second-order valence-electron chi connectivity index (χ2n) is 3.89. The van der Waals surface area contributed by atoms with Gasteiger partial charge in [-0.2, -0.15) is 0 Å². The van der Waals surface area contributed by atoms with E-state index < -0.39 is 0 Å². The SMILES string of the molecule is CN=Cc1ccc(-c2ccc(CO)c(=O)[nH]2)cc1. The Kier molecular flexibility index (Phi) is 3.69. The molecule has 0 atom stereocenters. The largest absolute Gasteiger partial charge is 0.391 e. The Morgan fingerprint density at radius 3 is 2.50 bits per heavy atom. The summed E-state index contributed by atoms with van der Waals surface area (Å²) in [6.07, 6.45) is 1.77. The first-order valence-electron chi connectivity index (χ1n) is 5.60. The lowest BCUT2D eigenvalue weighted by Gasteiger charge is -2.03. The van der Waals surface area contributed by atoms with E-state index in [1.54, 1.807) is 25.4 Å². The van der Waals surface area contributed by atoms with Gasteiger partial charge in [-0.25, -0.2) is 0 Å². The van der Waals surface area contributed by atoms with E-state index in [0.717, 1.165) is 16.8 Å². The van der Waals surface area contributed by atoms with Crippen LogP contribution in [0.2, 0.25) is 0 Å². The molecule has 0 unspecified atom stereocenters. The summed E-state index contributed by atoms with van der Waals surface area (Å²) in [6.45, 7) is -0.248. The van der Waals surface area contributed by atoms with Crippen LogP contribution in [0.1, 0.15) is 11.1 Å². The summed E-state index contributed by atoms with van der Waals surface area (Å²) in [5, 5.41) is 8.94. The Balaban J connectivity index is 2.37. The van der Waals surface area contributed by atoms with Crippen molar-refractivity contribution >= 4 is 6.21 Å². The number of hydrogen-bond donors (Lipinski definition) is 2. The standard InChI is InChI=1S/C14H14N2O2/c1-15-8-10-2-4-11(5-3-10)13-7-6-12(9-17)14(18)16-13/h2-8,17H,9H2,1H3,(H,16,18). The third-order valence-corrected chi connectivity index (χ3v) is 2.66. The van der Waals surface area contributed by atoms with Gasteiger partial charge in [0.2, 0.25) is 0 Å². The number of nitrogens with zero attached hydrogens (tertiary/aromatic N) is 1. The lowest BCUT2D eigenvalue weighted by molar-refractivity contribution is 0.280. The smallest absolute Gasteiger partial charge is 0.253 e. The lowest BCUT2D eigenvalue weighted by atomic mass is 10.1. The molecule has 0 aliphatic rings. The molecule has 1 aromatic carbocycles. The van der Waals surface area contributed by atoms with Gasteiger partial charge in [-0.15, -0.1) is 0 Å². The van der Waals surface area contributed by atoms with Crippen molar-refractivity contribution in [3.05, 3.63) is 57.9 Å². The van der Waals surface area contributed by atoms with Crippen LogP contribution in [0.3, 0.4) is 0 Å². The van der Waals surface area contributed by atoms with E-state index in [4.69, 9.17) is 5.11 Å². The number of benzene rings is 1. The van der Waals surface area contributed by atoms with Gasteiger partial charge < -0.3 is 10.1 Å². The molecule has 0 saturated carbocycles. The Morgan fingerprint density at radius 1 is 1.22 bits per heavy atom. The Bertz CT molecular complexity index is 612. The quantitative estimate of drug-likeness (QED) is 0.802. The second-order valence-corrected chi connectivity index (χ2v) is 3.89. The fourth-order valence-electron chi connectivity index (χ4n) is 1.69. The van der Waals surface area contributed by atoms with Crippen molar-refractivity contribution in [3.63, 3.8) is 0 Å². The zero-order valence-corrected chi connectivity index (χ0v) is 10.1. The summed E-state index contributed by atoms with van der Waals surface area (Å²) >= 11 is 0. The summed E-state index contributed by atoms with van der Waals surface area (Å²) in [6, 6.07) is 11.1. The molecule has 2 rings (SSSR count). The maximum absolute atomic E-state index is 11.6. The van der Waals surface area contributed by atoms with Gasteiger partial charge in [0.15, 0.2) is 0 Å². The zero-order valence-electron chi connectivity index (χ0n) is 10.1. The van der Waals surface area contributed by atoms with Crippen molar-refractivity contribution in [1.29, 1.82) is 0 Å². The van der Waals surface area contributed by atoms with E-state index in [1.165, 1.54) is 0 Å². The topological polar surface area (TPSA) is 65.5 Å². The highest BCUT2D eigenvalue weighted by Gasteiger charge is 2.02. The number of nitrogens with one attached hydrogen (secondary N) is 1. The monoisotopic (exact) mass is 242 g/mol. The number of aliphatic hydroxyl groups excluding tert-OH is 1. The molecule has 1 aromatic heterocycles. The molecular weight excluding hydrogens is 228 g/mol. The van der Waals surface area contributed by atoms with Gasteiger partial charge in [0.05, 0.1) is 6.61 Å². The fraction of sp³-hybridized carbons (Fsp3) is 0.143. The van der Waals surface area contributed by atoms with Crippen LogP contribution >= 0.6 is 0 Å². The van der Waals surface area contributed by atoms with Gasteiger partial charge in [0.25, 0.3) is 5.56 Å². The molecule has 0 saturated heterocycles. The summed E-state index contributed by atoms with van der Waals surface area (Å²) in [7, 11) is 1.72.